The molecule has 1 aromatic heterocycles. The summed E-state index contributed by atoms with van der Waals surface area (Å²) >= 11 is 0. The smallest absolute Gasteiger partial charge is 0.255 e. The first-order chi connectivity index (χ1) is 8.77. The summed E-state index contributed by atoms with van der Waals surface area (Å²) in [6.45, 7) is 0. The molecule has 0 bridgehead atoms. The van der Waals surface area contributed by atoms with Crippen LogP contribution in [0.4, 0.5) is 5.69 Å². The van der Waals surface area contributed by atoms with Crippen molar-refractivity contribution in [3.63, 3.8) is 0 Å². The lowest BCUT2D eigenvalue weighted by molar-refractivity contribution is 1.04. The van der Waals surface area contributed by atoms with E-state index in [1.165, 1.54) is 6.07 Å². The maximum atomic E-state index is 12.0. The molecule has 0 aliphatic heterocycles. The third-order valence-corrected chi connectivity index (χ3v) is 2.85. The van der Waals surface area contributed by atoms with Crippen molar-refractivity contribution in [3.05, 3.63) is 71.0 Å². The van der Waals surface area contributed by atoms with Gasteiger partial charge in [-0.1, -0.05) is 24.3 Å². The predicted molar refractivity (Wildman–Crippen MR) is 71.6 cm³/mol. The normalized spacial score (nSPS) is 10.2. The number of fused-ring (bicyclic) bond motifs is 1. The highest BCUT2D eigenvalue weighted by Crippen LogP contribution is 2.19. The van der Waals surface area contributed by atoms with Gasteiger partial charge in [-0.15, -0.1) is 0 Å². The topological polar surface area (TPSA) is 48.0 Å². The lowest BCUT2D eigenvalue weighted by Gasteiger charge is -2.09. The van der Waals surface area contributed by atoms with Crippen LogP contribution in [0.1, 0.15) is 0 Å². The van der Waals surface area contributed by atoms with Crippen molar-refractivity contribution in [1.82, 2.24) is 4.57 Å². The SMILES string of the molecule is Nc1c#ccc2c1ccc(=O)n2-c1ccccc1. The molecule has 0 spiro atoms. The van der Waals surface area contributed by atoms with Crippen LogP contribution in [0.25, 0.3) is 16.6 Å². The van der Waals surface area contributed by atoms with E-state index >= 15 is 0 Å². The highest BCUT2D eigenvalue weighted by Gasteiger charge is 2.06. The highest BCUT2D eigenvalue weighted by molar-refractivity contribution is 5.90. The fourth-order valence-electron chi connectivity index (χ4n) is 2.02. The van der Waals surface area contributed by atoms with Crippen molar-refractivity contribution in [2.45, 2.75) is 0 Å². The Labute approximate surface area is 104 Å². The summed E-state index contributed by atoms with van der Waals surface area (Å²) in [4.78, 5) is 12.0. The first-order valence-electron chi connectivity index (χ1n) is 5.56. The van der Waals surface area contributed by atoms with Gasteiger partial charge in [0.2, 0.25) is 0 Å². The number of nitrogens with two attached hydrogens (primary N) is 1. The second kappa shape index (κ2) is 3.94. The molecule has 1 heterocycles. The van der Waals surface area contributed by atoms with Gasteiger partial charge in [0.15, 0.2) is 0 Å². The Hall–Kier alpha value is -2.73. The molecule has 0 saturated heterocycles. The summed E-state index contributed by atoms with van der Waals surface area (Å²) in [5.74, 6) is 0. The Morgan fingerprint density at radius 2 is 1.83 bits per heavy atom. The predicted octanol–water partition coefficient (Wildman–Crippen LogP) is 2.17. The zero-order valence-electron chi connectivity index (χ0n) is 9.55. The molecular formula is C15H10N2O. The first kappa shape index (κ1) is 10.4. The second-order valence-corrected chi connectivity index (χ2v) is 3.97. The lowest BCUT2D eigenvalue weighted by atomic mass is 10.2. The van der Waals surface area contributed by atoms with E-state index in [0.717, 1.165) is 16.6 Å². The van der Waals surface area contributed by atoms with Gasteiger partial charge < -0.3 is 5.73 Å². The Balaban J connectivity index is 2.45. The number of anilines is 1. The standard InChI is InChI=1S/C15H10N2O/c16-13-7-4-8-14-12(13)9-10-15(18)17(14)11-5-2-1-3-6-11/h1-3,5-6,8-10H,16H2. The Morgan fingerprint density at radius 3 is 2.61 bits per heavy atom. The maximum absolute atomic E-state index is 12.0. The average Bonchev–Trinajstić information content (AvgIpc) is 2.40. The van der Waals surface area contributed by atoms with Crippen LogP contribution in [0, 0.1) is 12.1 Å². The number of para-hydroxylation sites is 1. The summed E-state index contributed by atoms with van der Waals surface area (Å²) in [6.07, 6.45) is 0. The van der Waals surface area contributed by atoms with Crippen molar-refractivity contribution in [2.24, 2.45) is 0 Å². The number of pyridine rings is 1. The minimum atomic E-state index is -0.0901. The van der Waals surface area contributed by atoms with Gasteiger partial charge in [0.05, 0.1) is 11.2 Å². The fourth-order valence-corrected chi connectivity index (χ4v) is 2.02. The quantitative estimate of drug-likeness (QED) is 0.701. The zero-order valence-corrected chi connectivity index (χ0v) is 9.55. The van der Waals surface area contributed by atoms with Crippen molar-refractivity contribution < 1.29 is 0 Å². The molecule has 0 saturated carbocycles. The molecule has 3 aromatic rings. The molecule has 0 aliphatic carbocycles. The molecule has 18 heavy (non-hydrogen) atoms. The number of nitrogen functional groups attached to an aromatic ring is 1. The molecule has 0 unspecified atom stereocenters. The van der Waals surface area contributed by atoms with Crippen LogP contribution >= 0.6 is 0 Å². The van der Waals surface area contributed by atoms with Crippen LogP contribution in [-0.2, 0) is 0 Å². The molecule has 3 heteroatoms. The van der Waals surface area contributed by atoms with Gasteiger partial charge in [0.25, 0.3) is 5.56 Å². The van der Waals surface area contributed by atoms with Crippen LogP contribution in [0.15, 0.2) is 53.3 Å². The second-order valence-electron chi connectivity index (χ2n) is 3.97. The Kier molecular flexibility index (Phi) is 2.28. The van der Waals surface area contributed by atoms with Crippen LogP contribution < -0.4 is 11.3 Å². The number of rotatable bonds is 1. The number of benzene rings is 1. The minimum Gasteiger partial charge on any atom is -0.391 e. The van der Waals surface area contributed by atoms with E-state index in [1.54, 1.807) is 16.7 Å². The van der Waals surface area contributed by atoms with E-state index in [1.807, 2.05) is 30.3 Å². The minimum absolute atomic E-state index is 0.0901. The molecule has 0 radical (unpaired) electrons. The largest absolute Gasteiger partial charge is 0.391 e. The third-order valence-electron chi connectivity index (χ3n) is 2.85. The van der Waals surface area contributed by atoms with Gasteiger partial charge in [-0.05, 0) is 24.3 Å². The van der Waals surface area contributed by atoms with Gasteiger partial charge in [0.1, 0.15) is 0 Å². The van der Waals surface area contributed by atoms with Gasteiger partial charge in [-0.3, -0.25) is 9.36 Å². The summed E-state index contributed by atoms with van der Waals surface area (Å²) in [5, 5.41) is 0.803. The Morgan fingerprint density at radius 1 is 1.06 bits per heavy atom. The van der Waals surface area contributed by atoms with Crippen molar-refractivity contribution in [2.75, 3.05) is 5.73 Å². The van der Waals surface area contributed by atoms with Crippen LogP contribution in [-0.4, -0.2) is 4.57 Å². The lowest BCUT2D eigenvalue weighted by Crippen LogP contribution is -2.17. The maximum Gasteiger partial charge on any atom is 0.255 e. The van der Waals surface area contributed by atoms with Gasteiger partial charge >= 0.3 is 0 Å². The highest BCUT2D eigenvalue weighted by atomic mass is 16.1. The molecule has 2 N–H and O–H groups in total. The monoisotopic (exact) mass is 234 g/mol. The molecule has 3 rings (SSSR count). The van der Waals surface area contributed by atoms with Crippen molar-refractivity contribution in [1.29, 1.82) is 0 Å². The Bertz CT molecular complexity index is 760. The summed E-state index contributed by atoms with van der Waals surface area (Å²) in [6, 6.07) is 20.1. The molecule has 3 nitrogen and oxygen atoms in total. The van der Waals surface area contributed by atoms with Crippen molar-refractivity contribution in [3.8, 4) is 5.69 Å². The molecule has 86 valence electrons. The van der Waals surface area contributed by atoms with Gasteiger partial charge in [-0.25, -0.2) is 0 Å². The fraction of sp³-hybridized carbons (Fsp3) is 0. The van der Waals surface area contributed by atoms with Crippen LogP contribution in [0.2, 0.25) is 0 Å². The van der Waals surface area contributed by atoms with Crippen molar-refractivity contribution >= 4 is 16.6 Å². The molecule has 0 fully saturated rings. The zero-order chi connectivity index (χ0) is 12.5. The van der Waals surface area contributed by atoms with E-state index in [9.17, 15) is 4.79 Å². The number of hydrogen-bond donors (Lipinski definition) is 1. The van der Waals surface area contributed by atoms with E-state index in [2.05, 4.69) is 12.1 Å². The van der Waals surface area contributed by atoms with Gasteiger partial charge in [0, 0.05) is 23.2 Å². The molecular weight excluding hydrogens is 224 g/mol. The molecule has 0 atom stereocenters. The van der Waals surface area contributed by atoms with Gasteiger partial charge in [-0.2, -0.15) is 0 Å². The number of hydrogen-bond acceptors (Lipinski definition) is 2. The molecule has 0 amide bonds. The van der Waals surface area contributed by atoms with E-state index < -0.39 is 0 Å². The molecule has 0 aliphatic rings. The first-order valence-corrected chi connectivity index (χ1v) is 5.56. The average molecular weight is 234 g/mol. The summed E-state index contributed by atoms with van der Waals surface area (Å²) < 4.78 is 1.62. The molecule has 2 aromatic carbocycles. The number of nitrogens with zero attached hydrogens (tertiary/aromatic N) is 1. The number of aromatic nitrogens is 1. The summed E-state index contributed by atoms with van der Waals surface area (Å²) in [7, 11) is 0. The van der Waals surface area contributed by atoms with E-state index in [0.29, 0.717) is 5.69 Å². The van der Waals surface area contributed by atoms with Crippen LogP contribution in [0.3, 0.4) is 0 Å². The third kappa shape index (κ3) is 1.52. The van der Waals surface area contributed by atoms with E-state index in [-0.39, 0.29) is 5.56 Å². The van der Waals surface area contributed by atoms with E-state index in [4.69, 9.17) is 5.73 Å². The summed E-state index contributed by atoms with van der Waals surface area (Å²) in [5.41, 5.74) is 7.81. The van der Waals surface area contributed by atoms with Crippen LogP contribution in [0.5, 0.6) is 0 Å².